The first kappa shape index (κ1) is 29.9. The van der Waals surface area contributed by atoms with Crippen molar-refractivity contribution in [3.05, 3.63) is 190 Å². The number of benzene rings is 6. The minimum atomic E-state index is -0.369. The second kappa shape index (κ2) is 12.6. The Labute approximate surface area is 282 Å². The molecule has 0 amide bonds. The second-order valence-electron chi connectivity index (χ2n) is 13.0. The van der Waals surface area contributed by atoms with Crippen LogP contribution in [-0.2, 0) is 19.5 Å². The lowest BCUT2D eigenvalue weighted by Gasteiger charge is -2.34. The Balaban J connectivity index is 1.27. The number of phenols is 1. The van der Waals surface area contributed by atoms with Crippen LogP contribution >= 0.6 is 0 Å². The van der Waals surface area contributed by atoms with Crippen LogP contribution in [-0.4, -0.2) is 21.3 Å². The van der Waals surface area contributed by atoms with Crippen molar-refractivity contribution in [3.8, 4) is 5.75 Å². The summed E-state index contributed by atoms with van der Waals surface area (Å²) in [5.74, 6) is 0.0645. The number of phenolic OH excluding ortho intramolecular Hbond substituents is 1. The highest BCUT2D eigenvalue weighted by atomic mass is 16.3. The van der Waals surface area contributed by atoms with Crippen LogP contribution in [0, 0.1) is 12.8 Å². The van der Waals surface area contributed by atoms with Gasteiger partial charge in [0.1, 0.15) is 11.5 Å². The molecule has 1 aliphatic heterocycles. The van der Waals surface area contributed by atoms with Gasteiger partial charge in [0.15, 0.2) is 0 Å². The third-order valence-electron chi connectivity index (χ3n) is 10.1. The van der Waals surface area contributed by atoms with Gasteiger partial charge in [0, 0.05) is 30.4 Å². The average Bonchev–Trinajstić information content (AvgIpc) is 3.56. The van der Waals surface area contributed by atoms with E-state index in [9.17, 15) is 10.2 Å². The first-order chi connectivity index (χ1) is 23.6. The van der Waals surface area contributed by atoms with Gasteiger partial charge in [-0.05, 0) is 69.1 Å². The number of allylic oxidation sites excluding steroid dienone is 1. The minimum Gasteiger partial charge on any atom is -0.511 e. The zero-order chi connectivity index (χ0) is 32.6. The summed E-state index contributed by atoms with van der Waals surface area (Å²) in [6.07, 6.45) is 2.59. The Morgan fingerprint density at radius 1 is 0.688 bits per heavy atom. The summed E-state index contributed by atoms with van der Waals surface area (Å²) < 4.78 is 0. The predicted molar refractivity (Wildman–Crippen MR) is 195 cm³/mol. The Hall–Kier alpha value is -5.45. The number of aryl methyl sites for hydroxylation is 1. The van der Waals surface area contributed by atoms with Crippen molar-refractivity contribution < 1.29 is 10.2 Å². The first-order valence-corrected chi connectivity index (χ1v) is 16.7. The summed E-state index contributed by atoms with van der Waals surface area (Å²) in [4.78, 5) is 7.96. The van der Waals surface area contributed by atoms with Gasteiger partial charge in [-0.3, -0.25) is 9.89 Å². The fraction of sp³-hybridized carbons (Fsp3) is 0.159. The fourth-order valence-corrected chi connectivity index (χ4v) is 7.71. The maximum atomic E-state index is 12.2. The molecule has 6 aromatic rings. The van der Waals surface area contributed by atoms with E-state index in [4.69, 9.17) is 4.99 Å². The van der Waals surface area contributed by atoms with E-state index in [2.05, 4.69) is 95.9 Å². The Morgan fingerprint density at radius 3 is 1.98 bits per heavy atom. The van der Waals surface area contributed by atoms with Gasteiger partial charge in [0.2, 0.25) is 0 Å². The van der Waals surface area contributed by atoms with Crippen LogP contribution in [0.25, 0.3) is 16.3 Å². The number of nitrogens with zero attached hydrogens (tertiary/aromatic N) is 2. The molecule has 6 aromatic carbocycles. The molecule has 236 valence electrons. The van der Waals surface area contributed by atoms with Crippen LogP contribution in [0.1, 0.15) is 56.6 Å². The third kappa shape index (κ3) is 5.38. The lowest BCUT2D eigenvalue weighted by molar-refractivity contribution is 0.173. The highest BCUT2D eigenvalue weighted by Crippen LogP contribution is 2.46. The summed E-state index contributed by atoms with van der Waals surface area (Å²) in [6.45, 7) is 3.61. The van der Waals surface area contributed by atoms with Crippen molar-refractivity contribution in [2.24, 2.45) is 10.9 Å². The normalized spacial score (nSPS) is 17.4. The van der Waals surface area contributed by atoms with Gasteiger partial charge in [-0.25, -0.2) is 0 Å². The van der Waals surface area contributed by atoms with Gasteiger partial charge >= 0.3 is 0 Å². The minimum absolute atomic E-state index is 0.0246. The third-order valence-corrected chi connectivity index (χ3v) is 10.1. The van der Waals surface area contributed by atoms with E-state index in [1.54, 1.807) is 0 Å². The molecule has 0 fully saturated rings. The highest BCUT2D eigenvalue weighted by Gasteiger charge is 2.35. The first-order valence-electron chi connectivity index (χ1n) is 16.7. The molecule has 3 atom stereocenters. The number of aliphatic hydroxyl groups excluding tert-OH is 1. The van der Waals surface area contributed by atoms with E-state index >= 15 is 0 Å². The largest absolute Gasteiger partial charge is 0.511 e. The Kier molecular flexibility index (Phi) is 7.87. The lowest BCUT2D eigenvalue weighted by Crippen LogP contribution is -2.29. The van der Waals surface area contributed by atoms with Gasteiger partial charge in [-0.15, -0.1) is 0 Å². The number of aliphatic hydroxyl groups is 1. The van der Waals surface area contributed by atoms with Gasteiger partial charge in [-0.2, -0.15) is 0 Å². The molecule has 0 radical (unpaired) electrons. The van der Waals surface area contributed by atoms with Crippen molar-refractivity contribution in [2.75, 3.05) is 0 Å². The van der Waals surface area contributed by atoms with Crippen molar-refractivity contribution in [1.82, 2.24) is 4.90 Å². The molecule has 0 saturated carbocycles. The summed E-state index contributed by atoms with van der Waals surface area (Å²) >= 11 is 0. The van der Waals surface area contributed by atoms with Gasteiger partial charge < -0.3 is 10.2 Å². The standard InChI is InChI=1S/C44H38N2O2/c1-29-24-32-18-10-12-22-37(32)39(43(29)47)40-38-23-13-11-19-33(38)25-36(44(40)48)26-45-41(30-14-4-2-5-15-30)42(31-16-6-3-7-17-31)46-27-34-20-8-9-21-35(34)28-46/h2-24,26,36,41-42,47-48H,25,27-28H2,1H3/t36?,41-,42-/m0/s1. The number of fused-ring (bicyclic) bond motifs is 3. The molecule has 1 unspecified atom stereocenters. The summed E-state index contributed by atoms with van der Waals surface area (Å²) in [7, 11) is 0. The van der Waals surface area contributed by atoms with Crippen molar-refractivity contribution in [1.29, 1.82) is 0 Å². The van der Waals surface area contributed by atoms with E-state index in [1.165, 1.54) is 16.7 Å². The molecule has 48 heavy (non-hydrogen) atoms. The molecule has 2 N–H and O–H groups in total. The lowest BCUT2D eigenvalue weighted by atomic mass is 9.79. The number of hydrogen-bond acceptors (Lipinski definition) is 4. The SMILES string of the molecule is Cc1cc2ccccc2c(C2=C(O)C(C=N[C@@H](c3ccccc3)[C@H](c3ccccc3)N3Cc4ccccc4C3)Cc3ccccc32)c1O. The Morgan fingerprint density at radius 2 is 1.27 bits per heavy atom. The van der Waals surface area contributed by atoms with Crippen LogP contribution in [0.4, 0.5) is 0 Å². The summed E-state index contributed by atoms with van der Waals surface area (Å²) in [5.41, 5.74) is 9.24. The van der Waals surface area contributed by atoms with E-state index in [-0.39, 0.29) is 29.5 Å². The van der Waals surface area contributed by atoms with Crippen molar-refractivity contribution in [3.63, 3.8) is 0 Å². The number of aliphatic imine (C=N–C) groups is 1. The maximum absolute atomic E-state index is 12.2. The fourth-order valence-electron chi connectivity index (χ4n) is 7.71. The zero-order valence-electron chi connectivity index (χ0n) is 27.0. The average molecular weight is 627 g/mol. The molecular formula is C44H38N2O2. The van der Waals surface area contributed by atoms with E-state index < -0.39 is 0 Å². The van der Waals surface area contributed by atoms with Crippen molar-refractivity contribution >= 4 is 22.6 Å². The summed E-state index contributed by atoms with van der Waals surface area (Å²) in [5, 5.41) is 25.7. The molecule has 1 heterocycles. The van der Waals surface area contributed by atoms with Crippen LogP contribution in [0.5, 0.6) is 5.75 Å². The molecule has 8 rings (SSSR count). The van der Waals surface area contributed by atoms with Crippen LogP contribution < -0.4 is 0 Å². The maximum Gasteiger partial charge on any atom is 0.127 e. The van der Waals surface area contributed by atoms with E-state index in [0.717, 1.165) is 46.1 Å². The Bertz CT molecular complexity index is 2150. The van der Waals surface area contributed by atoms with E-state index in [1.807, 2.05) is 61.7 Å². The molecular weight excluding hydrogens is 588 g/mol. The number of rotatable bonds is 7. The summed E-state index contributed by atoms with van der Waals surface area (Å²) in [6, 6.07) is 48.0. The zero-order valence-corrected chi connectivity index (χ0v) is 27.0. The van der Waals surface area contributed by atoms with Crippen LogP contribution in [0.3, 0.4) is 0 Å². The molecule has 0 saturated heterocycles. The van der Waals surface area contributed by atoms with Gasteiger partial charge in [0.25, 0.3) is 0 Å². The monoisotopic (exact) mass is 626 g/mol. The smallest absolute Gasteiger partial charge is 0.127 e. The van der Waals surface area contributed by atoms with Gasteiger partial charge in [0.05, 0.1) is 18.0 Å². The highest BCUT2D eigenvalue weighted by molar-refractivity contribution is 6.03. The van der Waals surface area contributed by atoms with Crippen molar-refractivity contribution in [2.45, 2.75) is 38.5 Å². The second-order valence-corrected chi connectivity index (χ2v) is 13.0. The molecule has 0 aromatic heterocycles. The topological polar surface area (TPSA) is 56.1 Å². The predicted octanol–water partition coefficient (Wildman–Crippen LogP) is 9.91. The van der Waals surface area contributed by atoms with E-state index in [0.29, 0.717) is 17.6 Å². The number of hydrogen-bond donors (Lipinski definition) is 2. The molecule has 1 aliphatic carbocycles. The van der Waals surface area contributed by atoms with Crippen LogP contribution in [0.15, 0.2) is 150 Å². The number of aromatic hydroxyl groups is 1. The molecule has 0 spiro atoms. The molecule has 2 aliphatic rings. The van der Waals surface area contributed by atoms with Crippen LogP contribution in [0.2, 0.25) is 0 Å². The quantitative estimate of drug-likeness (QED) is 0.173. The molecule has 0 bridgehead atoms. The molecule has 4 heteroatoms. The van der Waals surface area contributed by atoms with Gasteiger partial charge in [-0.1, -0.05) is 133 Å². The molecule has 4 nitrogen and oxygen atoms in total.